The lowest BCUT2D eigenvalue weighted by atomic mass is 10.1. The molecule has 5 nitrogen and oxygen atoms in total. The van der Waals surface area contributed by atoms with Gasteiger partial charge in [-0.3, -0.25) is 0 Å². The van der Waals surface area contributed by atoms with Crippen LogP contribution < -0.4 is 10.6 Å². The van der Waals surface area contributed by atoms with Crippen molar-refractivity contribution in [3.05, 3.63) is 18.6 Å². The number of piperidine rings is 1. The lowest BCUT2D eigenvalue weighted by Gasteiger charge is -2.24. The molecule has 0 amide bonds. The number of imidazole rings is 1. The molecule has 0 bridgehead atoms. The van der Waals surface area contributed by atoms with Gasteiger partial charge in [-0.05, 0) is 45.8 Å². The molecule has 1 saturated heterocycles. The number of nitrogens with one attached hydrogen (secondary N) is 2. The lowest BCUT2D eigenvalue weighted by Crippen LogP contribution is -2.35. The number of aromatic nitrogens is 3. The van der Waals surface area contributed by atoms with Gasteiger partial charge in [-0.2, -0.15) is 0 Å². The van der Waals surface area contributed by atoms with Crippen molar-refractivity contribution in [2.45, 2.75) is 38.8 Å². The summed E-state index contributed by atoms with van der Waals surface area (Å²) in [5.74, 6) is 0. The van der Waals surface area contributed by atoms with Crippen LogP contribution in [0.1, 0.15) is 32.7 Å². The average molecular weight is 259 g/mol. The molecule has 3 rings (SSSR count). The number of fused-ring (bicyclic) bond motifs is 1. The van der Waals surface area contributed by atoms with Crippen LogP contribution in [0.5, 0.6) is 0 Å². The van der Waals surface area contributed by atoms with Gasteiger partial charge in [0.15, 0.2) is 5.65 Å². The van der Waals surface area contributed by atoms with E-state index >= 15 is 0 Å². The summed E-state index contributed by atoms with van der Waals surface area (Å²) in [5.41, 5.74) is 3.06. The van der Waals surface area contributed by atoms with Crippen molar-refractivity contribution >= 4 is 16.9 Å². The minimum Gasteiger partial charge on any atom is -0.380 e. The Morgan fingerprint density at radius 2 is 2.11 bits per heavy atom. The lowest BCUT2D eigenvalue weighted by molar-refractivity contribution is 0.479. The predicted molar refractivity (Wildman–Crippen MR) is 77.4 cm³/mol. The van der Waals surface area contributed by atoms with Crippen LogP contribution in [0.25, 0.3) is 11.2 Å². The smallest absolute Gasteiger partial charge is 0.162 e. The van der Waals surface area contributed by atoms with E-state index < -0.39 is 0 Å². The Balaban J connectivity index is 1.90. The van der Waals surface area contributed by atoms with Crippen LogP contribution >= 0.6 is 0 Å². The molecule has 0 saturated carbocycles. The fourth-order valence-electron chi connectivity index (χ4n) is 2.61. The zero-order chi connectivity index (χ0) is 13.2. The second-order valence-electron chi connectivity index (χ2n) is 5.44. The Kier molecular flexibility index (Phi) is 3.38. The van der Waals surface area contributed by atoms with Crippen LogP contribution in [0, 0.1) is 0 Å². The largest absolute Gasteiger partial charge is 0.380 e. The fraction of sp³-hybridized carbons (Fsp3) is 0.571. The molecule has 0 atom stereocenters. The Morgan fingerprint density at radius 3 is 2.84 bits per heavy atom. The number of pyridine rings is 1. The van der Waals surface area contributed by atoms with Gasteiger partial charge in [-0.15, -0.1) is 0 Å². The van der Waals surface area contributed by atoms with E-state index in [1.54, 1.807) is 0 Å². The first-order chi connectivity index (χ1) is 9.25. The Bertz CT molecular complexity index is 554. The van der Waals surface area contributed by atoms with Crippen molar-refractivity contribution in [3.8, 4) is 0 Å². The summed E-state index contributed by atoms with van der Waals surface area (Å²) < 4.78 is 2.11. The SMILES string of the molecule is CC(C)n1cnc2c(NC3CCNCC3)ccnc21. The van der Waals surface area contributed by atoms with Crippen molar-refractivity contribution in [1.29, 1.82) is 0 Å². The number of hydrogen-bond donors (Lipinski definition) is 2. The Hall–Kier alpha value is -1.62. The van der Waals surface area contributed by atoms with Gasteiger partial charge in [0.1, 0.15) is 5.52 Å². The highest BCUT2D eigenvalue weighted by atomic mass is 15.1. The molecule has 2 N–H and O–H groups in total. The van der Waals surface area contributed by atoms with Crippen LogP contribution in [0.3, 0.4) is 0 Å². The van der Waals surface area contributed by atoms with Crippen molar-refractivity contribution in [2.75, 3.05) is 18.4 Å². The number of nitrogens with zero attached hydrogens (tertiary/aromatic N) is 3. The van der Waals surface area contributed by atoms with Crippen molar-refractivity contribution in [2.24, 2.45) is 0 Å². The molecule has 19 heavy (non-hydrogen) atoms. The van der Waals surface area contributed by atoms with E-state index in [2.05, 4.69) is 39.0 Å². The van der Waals surface area contributed by atoms with Gasteiger partial charge >= 0.3 is 0 Å². The van der Waals surface area contributed by atoms with Gasteiger partial charge in [-0.25, -0.2) is 9.97 Å². The zero-order valence-electron chi connectivity index (χ0n) is 11.6. The summed E-state index contributed by atoms with van der Waals surface area (Å²) in [7, 11) is 0. The maximum atomic E-state index is 4.53. The average Bonchev–Trinajstić information content (AvgIpc) is 2.85. The van der Waals surface area contributed by atoms with Crippen molar-refractivity contribution in [3.63, 3.8) is 0 Å². The molecular formula is C14H21N5. The third-order valence-electron chi connectivity index (χ3n) is 3.72. The molecule has 0 radical (unpaired) electrons. The van der Waals surface area contributed by atoms with E-state index in [0.29, 0.717) is 12.1 Å². The highest BCUT2D eigenvalue weighted by molar-refractivity contribution is 5.85. The van der Waals surface area contributed by atoms with Gasteiger partial charge in [0.2, 0.25) is 0 Å². The number of rotatable bonds is 3. The summed E-state index contributed by atoms with van der Waals surface area (Å²) in [6.07, 6.45) is 6.08. The second-order valence-corrected chi connectivity index (χ2v) is 5.44. The molecule has 3 heterocycles. The van der Waals surface area contributed by atoms with E-state index in [0.717, 1.165) is 42.8 Å². The van der Waals surface area contributed by atoms with Crippen molar-refractivity contribution in [1.82, 2.24) is 19.9 Å². The predicted octanol–water partition coefficient (Wildman–Crippen LogP) is 2.18. The molecule has 2 aromatic rings. The van der Waals surface area contributed by atoms with E-state index in [-0.39, 0.29) is 0 Å². The fourth-order valence-corrected chi connectivity index (χ4v) is 2.61. The topological polar surface area (TPSA) is 54.8 Å². The molecule has 1 fully saturated rings. The first-order valence-corrected chi connectivity index (χ1v) is 7.04. The summed E-state index contributed by atoms with van der Waals surface area (Å²) >= 11 is 0. The monoisotopic (exact) mass is 259 g/mol. The van der Waals surface area contributed by atoms with Gasteiger partial charge in [0.05, 0.1) is 12.0 Å². The molecular weight excluding hydrogens is 238 g/mol. The molecule has 2 aromatic heterocycles. The third kappa shape index (κ3) is 2.42. The van der Waals surface area contributed by atoms with Gasteiger partial charge in [0, 0.05) is 18.3 Å². The van der Waals surface area contributed by atoms with Crippen LogP contribution in [-0.2, 0) is 0 Å². The first-order valence-electron chi connectivity index (χ1n) is 7.04. The third-order valence-corrected chi connectivity index (χ3v) is 3.72. The van der Waals surface area contributed by atoms with Crippen LogP contribution in [0.4, 0.5) is 5.69 Å². The minimum absolute atomic E-state index is 0.381. The minimum atomic E-state index is 0.381. The van der Waals surface area contributed by atoms with Gasteiger partial charge in [0.25, 0.3) is 0 Å². The summed E-state index contributed by atoms with van der Waals surface area (Å²) in [6.45, 7) is 6.48. The molecule has 1 aliphatic rings. The van der Waals surface area contributed by atoms with Gasteiger partial charge < -0.3 is 15.2 Å². The molecule has 0 unspecified atom stereocenters. The number of anilines is 1. The first kappa shape index (κ1) is 12.4. The Morgan fingerprint density at radius 1 is 1.32 bits per heavy atom. The highest BCUT2D eigenvalue weighted by Crippen LogP contribution is 2.24. The van der Waals surface area contributed by atoms with Crippen molar-refractivity contribution < 1.29 is 0 Å². The standard InChI is InChI=1S/C14H21N5/c1-10(2)19-9-17-13-12(5-8-16-14(13)19)18-11-3-6-15-7-4-11/h5,8-11,15H,3-4,6-7H2,1-2H3,(H,16,18). The van der Waals surface area contributed by atoms with E-state index in [9.17, 15) is 0 Å². The summed E-state index contributed by atoms with van der Waals surface area (Å²) in [4.78, 5) is 8.99. The van der Waals surface area contributed by atoms with Crippen LogP contribution in [0.15, 0.2) is 18.6 Å². The molecule has 5 heteroatoms. The quantitative estimate of drug-likeness (QED) is 0.887. The van der Waals surface area contributed by atoms with Crippen LogP contribution in [0.2, 0.25) is 0 Å². The Labute approximate surface area is 113 Å². The highest BCUT2D eigenvalue weighted by Gasteiger charge is 2.16. The molecule has 102 valence electrons. The van der Waals surface area contributed by atoms with E-state index in [1.165, 1.54) is 0 Å². The van der Waals surface area contributed by atoms with E-state index in [1.807, 2.05) is 18.6 Å². The maximum Gasteiger partial charge on any atom is 0.162 e. The normalized spacial score (nSPS) is 17.2. The molecule has 0 aromatic carbocycles. The summed E-state index contributed by atoms with van der Waals surface area (Å²) in [5, 5.41) is 7.00. The van der Waals surface area contributed by atoms with Gasteiger partial charge in [-0.1, -0.05) is 0 Å². The second kappa shape index (κ2) is 5.17. The molecule has 1 aliphatic heterocycles. The molecule has 0 aliphatic carbocycles. The molecule has 0 spiro atoms. The number of hydrogen-bond acceptors (Lipinski definition) is 4. The summed E-state index contributed by atoms with van der Waals surface area (Å²) in [6, 6.07) is 2.95. The van der Waals surface area contributed by atoms with Crippen LogP contribution in [-0.4, -0.2) is 33.7 Å². The van der Waals surface area contributed by atoms with E-state index in [4.69, 9.17) is 0 Å². The maximum absolute atomic E-state index is 4.53. The zero-order valence-corrected chi connectivity index (χ0v) is 11.6.